The van der Waals surface area contributed by atoms with Crippen LogP contribution >= 0.6 is 0 Å². The van der Waals surface area contributed by atoms with E-state index < -0.39 is 0 Å². The van der Waals surface area contributed by atoms with E-state index in [1.165, 1.54) is 12.8 Å². The zero-order chi connectivity index (χ0) is 15.6. The van der Waals surface area contributed by atoms with E-state index in [0.29, 0.717) is 24.1 Å². The predicted octanol–water partition coefficient (Wildman–Crippen LogP) is 1.86. The van der Waals surface area contributed by atoms with Crippen LogP contribution in [0.5, 0.6) is 0 Å². The molecule has 6 nitrogen and oxygen atoms in total. The van der Waals surface area contributed by atoms with Crippen LogP contribution in [0.4, 0.5) is 0 Å². The minimum Gasteiger partial charge on any atom is -0.424 e. The minimum absolute atomic E-state index is 0.260. The monoisotopic (exact) mass is 306 g/mol. The van der Waals surface area contributed by atoms with Crippen LogP contribution < -0.4 is 0 Å². The van der Waals surface area contributed by atoms with Crippen molar-refractivity contribution in [1.82, 2.24) is 20.0 Å². The molecule has 3 heterocycles. The number of nitrogens with zero attached hydrogens (tertiary/aromatic N) is 4. The molecule has 122 valence electrons. The molecule has 0 N–H and O–H groups in total. The lowest BCUT2D eigenvalue weighted by atomic mass is 9.73. The second-order valence-corrected chi connectivity index (χ2v) is 6.67. The van der Waals surface area contributed by atoms with Crippen molar-refractivity contribution in [2.24, 2.45) is 5.41 Å². The fraction of sp³-hybridized carbons (Fsp3) is 0.812. The van der Waals surface area contributed by atoms with Gasteiger partial charge in [-0.3, -0.25) is 9.69 Å². The summed E-state index contributed by atoms with van der Waals surface area (Å²) in [6.45, 7) is 8.65. The molecule has 6 heteroatoms. The van der Waals surface area contributed by atoms with Gasteiger partial charge in [-0.1, -0.05) is 6.92 Å². The zero-order valence-corrected chi connectivity index (χ0v) is 13.7. The SMILES string of the molecule is CCc1nnc(CN2CCCC3(CCC(=O)N(CC)C3)C2)o1. The Labute approximate surface area is 131 Å². The van der Waals surface area contributed by atoms with Gasteiger partial charge in [0.2, 0.25) is 17.7 Å². The molecule has 0 radical (unpaired) electrons. The highest BCUT2D eigenvalue weighted by atomic mass is 16.4. The summed E-state index contributed by atoms with van der Waals surface area (Å²) >= 11 is 0. The third-order valence-electron chi connectivity index (χ3n) is 5.04. The van der Waals surface area contributed by atoms with Gasteiger partial charge in [-0.05, 0) is 32.7 Å². The fourth-order valence-corrected chi connectivity index (χ4v) is 3.86. The molecule has 3 rings (SSSR count). The number of likely N-dealkylation sites (tertiary alicyclic amines) is 2. The zero-order valence-electron chi connectivity index (χ0n) is 13.7. The highest BCUT2D eigenvalue weighted by Gasteiger charge is 2.41. The second kappa shape index (κ2) is 6.36. The van der Waals surface area contributed by atoms with Crippen molar-refractivity contribution in [3.63, 3.8) is 0 Å². The normalized spacial score (nSPS) is 26.8. The van der Waals surface area contributed by atoms with Gasteiger partial charge in [0.05, 0.1) is 6.54 Å². The highest BCUT2D eigenvalue weighted by molar-refractivity contribution is 5.77. The minimum atomic E-state index is 0.260. The van der Waals surface area contributed by atoms with Gasteiger partial charge in [-0.15, -0.1) is 10.2 Å². The topological polar surface area (TPSA) is 62.5 Å². The van der Waals surface area contributed by atoms with Crippen LogP contribution in [0.25, 0.3) is 0 Å². The molecule has 2 fully saturated rings. The molecule has 1 unspecified atom stereocenters. The summed E-state index contributed by atoms with van der Waals surface area (Å²) < 4.78 is 5.64. The van der Waals surface area contributed by atoms with E-state index in [2.05, 4.69) is 22.0 Å². The highest BCUT2D eigenvalue weighted by Crippen LogP contribution is 2.39. The summed E-state index contributed by atoms with van der Waals surface area (Å²) in [7, 11) is 0. The maximum atomic E-state index is 11.9. The number of piperidine rings is 2. The summed E-state index contributed by atoms with van der Waals surface area (Å²) in [5.74, 6) is 1.74. The van der Waals surface area contributed by atoms with Crippen LogP contribution in [0.3, 0.4) is 0 Å². The Morgan fingerprint density at radius 1 is 1.18 bits per heavy atom. The van der Waals surface area contributed by atoms with Crippen molar-refractivity contribution >= 4 is 5.91 Å². The number of hydrogen-bond acceptors (Lipinski definition) is 5. The van der Waals surface area contributed by atoms with Gasteiger partial charge in [0.15, 0.2) is 0 Å². The summed E-state index contributed by atoms with van der Waals surface area (Å²) in [6.07, 6.45) is 4.90. The van der Waals surface area contributed by atoms with Gasteiger partial charge in [-0.2, -0.15) is 0 Å². The first-order valence-corrected chi connectivity index (χ1v) is 8.45. The number of carbonyl (C=O) groups is 1. The third kappa shape index (κ3) is 3.16. The molecule has 2 aliphatic heterocycles. The molecule has 2 saturated heterocycles. The number of rotatable bonds is 4. The average molecular weight is 306 g/mol. The molecular formula is C16H26N4O2. The van der Waals surface area contributed by atoms with Crippen LogP contribution in [-0.4, -0.2) is 52.1 Å². The van der Waals surface area contributed by atoms with Gasteiger partial charge >= 0.3 is 0 Å². The maximum Gasteiger partial charge on any atom is 0.230 e. The van der Waals surface area contributed by atoms with Gasteiger partial charge in [0, 0.05) is 37.9 Å². The molecule has 0 aliphatic carbocycles. The molecule has 0 saturated carbocycles. The van der Waals surface area contributed by atoms with Gasteiger partial charge in [0.25, 0.3) is 0 Å². The van der Waals surface area contributed by atoms with E-state index in [1.54, 1.807) is 0 Å². The first-order valence-electron chi connectivity index (χ1n) is 8.45. The van der Waals surface area contributed by atoms with Crippen molar-refractivity contribution < 1.29 is 9.21 Å². The van der Waals surface area contributed by atoms with Crippen molar-refractivity contribution in [3.05, 3.63) is 11.8 Å². The Morgan fingerprint density at radius 2 is 2.00 bits per heavy atom. The summed E-state index contributed by atoms with van der Waals surface area (Å²) in [6, 6.07) is 0. The van der Waals surface area contributed by atoms with Gasteiger partial charge < -0.3 is 9.32 Å². The first kappa shape index (κ1) is 15.5. The number of aryl methyl sites for hydroxylation is 1. The molecule has 1 aromatic rings. The van der Waals surface area contributed by atoms with Gasteiger partial charge in [-0.25, -0.2) is 0 Å². The van der Waals surface area contributed by atoms with E-state index in [9.17, 15) is 4.79 Å². The number of carbonyl (C=O) groups excluding carboxylic acids is 1. The number of hydrogen-bond donors (Lipinski definition) is 0. The van der Waals surface area contributed by atoms with Crippen LogP contribution in [0.2, 0.25) is 0 Å². The summed E-state index contributed by atoms with van der Waals surface area (Å²) in [5, 5.41) is 8.18. The van der Waals surface area contributed by atoms with E-state index in [0.717, 1.165) is 45.6 Å². The molecule has 2 aliphatic rings. The summed E-state index contributed by atoms with van der Waals surface area (Å²) in [5.41, 5.74) is 0.260. The second-order valence-electron chi connectivity index (χ2n) is 6.67. The van der Waals surface area contributed by atoms with Crippen LogP contribution in [0.1, 0.15) is 51.3 Å². The lowest BCUT2D eigenvalue weighted by Gasteiger charge is -2.48. The lowest BCUT2D eigenvalue weighted by molar-refractivity contribution is -0.139. The fourth-order valence-electron chi connectivity index (χ4n) is 3.86. The largest absolute Gasteiger partial charge is 0.424 e. The standard InChI is InChI=1S/C16H26N4O2/c1-3-13-17-18-14(22-13)10-19-9-5-7-16(11-19)8-6-15(21)20(4-2)12-16/h3-12H2,1-2H3. The van der Waals surface area contributed by atoms with E-state index in [4.69, 9.17) is 4.42 Å². The number of amides is 1. The Hall–Kier alpha value is -1.43. The lowest BCUT2D eigenvalue weighted by Crippen LogP contribution is -2.53. The molecule has 0 aromatic carbocycles. The smallest absolute Gasteiger partial charge is 0.230 e. The molecule has 1 spiro atoms. The van der Waals surface area contributed by atoms with Crippen molar-refractivity contribution in [2.75, 3.05) is 26.2 Å². The average Bonchev–Trinajstić information content (AvgIpc) is 2.98. The van der Waals surface area contributed by atoms with E-state index in [1.807, 2.05) is 11.8 Å². The van der Waals surface area contributed by atoms with Crippen LogP contribution in [0.15, 0.2) is 4.42 Å². The maximum absolute atomic E-state index is 11.9. The quantitative estimate of drug-likeness (QED) is 0.849. The van der Waals surface area contributed by atoms with Crippen LogP contribution in [0, 0.1) is 5.41 Å². The molecule has 22 heavy (non-hydrogen) atoms. The molecule has 1 amide bonds. The predicted molar refractivity (Wildman–Crippen MR) is 82.1 cm³/mol. The third-order valence-corrected chi connectivity index (χ3v) is 5.04. The molecule has 0 bridgehead atoms. The van der Waals surface area contributed by atoms with Gasteiger partial charge in [0.1, 0.15) is 0 Å². The molecule has 1 atom stereocenters. The Bertz CT molecular complexity index is 530. The Morgan fingerprint density at radius 3 is 2.73 bits per heavy atom. The first-order chi connectivity index (χ1) is 10.6. The van der Waals surface area contributed by atoms with Crippen molar-refractivity contribution in [1.29, 1.82) is 0 Å². The van der Waals surface area contributed by atoms with Crippen molar-refractivity contribution in [3.8, 4) is 0 Å². The van der Waals surface area contributed by atoms with E-state index in [-0.39, 0.29) is 5.41 Å². The summed E-state index contributed by atoms with van der Waals surface area (Å²) in [4.78, 5) is 16.4. The van der Waals surface area contributed by atoms with Crippen LogP contribution in [-0.2, 0) is 17.8 Å². The van der Waals surface area contributed by atoms with E-state index >= 15 is 0 Å². The Kier molecular flexibility index (Phi) is 4.47. The number of aromatic nitrogens is 2. The Balaban J connectivity index is 1.64. The van der Waals surface area contributed by atoms with Crippen molar-refractivity contribution in [2.45, 2.75) is 52.5 Å². The molecule has 1 aromatic heterocycles. The molecular weight excluding hydrogens is 280 g/mol.